The van der Waals surface area contributed by atoms with Crippen molar-refractivity contribution in [2.45, 2.75) is 19.4 Å². The predicted molar refractivity (Wildman–Crippen MR) is 116 cm³/mol. The highest BCUT2D eigenvalue weighted by molar-refractivity contribution is 6.30. The molecule has 0 N–H and O–H groups in total. The number of likely N-dealkylation sites (tertiary alicyclic amines) is 1. The number of hydrogen-bond donors (Lipinski definition) is 0. The van der Waals surface area contributed by atoms with Crippen LogP contribution in [-0.4, -0.2) is 47.1 Å². The average Bonchev–Trinajstić information content (AvgIpc) is 3.32. The molecule has 0 unspecified atom stereocenters. The summed E-state index contributed by atoms with van der Waals surface area (Å²) in [5.74, 6) is 0.416. The maximum absolute atomic E-state index is 12.7. The zero-order chi connectivity index (χ0) is 22.5. The molecule has 8 nitrogen and oxygen atoms in total. The van der Waals surface area contributed by atoms with Gasteiger partial charge in [0.25, 0.3) is 11.8 Å². The third-order valence-corrected chi connectivity index (χ3v) is 5.54. The SMILES string of the molecule is COc1ccc(-c2noc(COC(=O)[C@H]3CCCN(C(=O)c4ccc(Cl)cc4)C3)n2)cc1. The monoisotopic (exact) mass is 455 g/mol. The van der Waals surface area contributed by atoms with Gasteiger partial charge in [-0.25, -0.2) is 0 Å². The largest absolute Gasteiger partial charge is 0.497 e. The van der Waals surface area contributed by atoms with Crippen LogP contribution in [0.5, 0.6) is 5.75 Å². The van der Waals surface area contributed by atoms with Gasteiger partial charge in [-0.05, 0) is 61.4 Å². The van der Waals surface area contributed by atoms with Gasteiger partial charge >= 0.3 is 5.97 Å². The van der Waals surface area contributed by atoms with Gasteiger partial charge in [0.05, 0.1) is 13.0 Å². The first-order valence-electron chi connectivity index (χ1n) is 10.2. The Labute approximate surface area is 190 Å². The molecule has 4 rings (SSSR count). The summed E-state index contributed by atoms with van der Waals surface area (Å²) < 4.78 is 15.7. The first-order chi connectivity index (χ1) is 15.5. The Bertz CT molecular complexity index is 1080. The summed E-state index contributed by atoms with van der Waals surface area (Å²) in [6, 6.07) is 13.9. The van der Waals surface area contributed by atoms with E-state index in [1.165, 1.54) is 0 Å². The van der Waals surface area contributed by atoms with E-state index >= 15 is 0 Å². The summed E-state index contributed by atoms with van der Waals surface area (Å²) >= 11 is 5.89. The first-order valence-corrected chi connectivity index (χ1v) is 10.6. The summed E-state index contributed by atoms with van der Waals surface area (Å²) in [4.78, 5) is 31.3. The third kappa shape index (κ3) is 5.08. The second-order valence-electron chi connectivity index (χ2n) is 7.45. The van der Waals surface area contributed by atoms with Crippen LogP contribution in [0.1, 0.15) is 29.1 Å². The zero-order valence-electron chi connectivity index (χ0n) is 17.5. The Morgan fingerprint density at radius 2 is 1.91 bits per heavy atom. The molecule has 1 fully saturated rings. The minimum Gasteiger partial charge on any atom is -0.497 e. The maximum atomic E-state index is 12.7. The van der Waals surface area contributed by atoms with E-state index in [-0.39, 0.29) is 24.4 Å². The number of benzene rings is 2. The number of hydrogen-bond acceptors (Lipinski definition) is 7. The van der Waals surface area contributed by atoms with Crippen LogP contribution in [0.2, 0.25) is 5.02 Å². The van der Waals surface area contributed by atoms with Gasteiger partial charge in [0.2, 0.25) is 5.82 Å². The van der Waals surface area contributed by atoms with Crippen LogP contribution in [0.4, 0.5) is 0 Å². The Morgan fingerprint density at radius 1 is 1.16 bits per heavy atom. The number of nitrogens with zero attached hydrogens (tertiary/aromatic N) is 3. The van der Waals surface area contributed by atoms with Gasteiger partial charge in [-0.2, -0.15) is 4.98 Å². The molecule has 0 saturated carbocycles. The molecule has 166 valence electrons. The second-order valence-corrected chi connectivity index (χ2v) is 7.88. The lowest BCUT2D eigenvalue weighted by Gasteiger charge is -2.31. The molecule has 32 heavy (non-hydrogen) atoms. The van der Waals surface area contributed by atoms with Gasteiger partial charge in [0.15, 0.2) is 6.61 Å². The van der Waals surface area contributed by atoms with Crippen LogP contribution >= 0.6 is 11.6 Å². The highest BCUT2D eigenvalue weighted by Crippen LogP contribution is 2.22. The molecule has 1 saturated heterocycles. The quantitative estimate of drug-likeness (QED) is 0.518. The fourth-order valence-electron chi connectivity index (χ4n) is 3.55. The topological polar surface area (TPSA) is 94.8 Å². The van der Waals surface area contributed by atoms with Crippen molar-refractivity contribution in [3.63, 3.8) is 0 Å². The van der Waals surface area contributed by atoms with Gasteiger partial charge in [0, 0.05) is 29.2 Å². The average molecular weight is 456 g/mol. The van der Waals surface area contributed by atoms with Gasteiger partial charge in [0.1, 0.15) is 5.75 Å². The van der Waals surface area contributed by atoms with E-state index in [4.69, 9.17) is 25.6 Å². The van der Waals surface area contributed by atoms with Crippen molar-refractivity contribution in [1.82, 2.24) is 15.0 Å². The summed E-state index contributed by atoms with van der Waals surface area (Å²) in [7, 11) is 1.59. The molecule has 0 spiro atoms. The lowest BCUT2D eigenvalue weighted by atomic mass is 9.97. The number of esters is 1. The van der Waals surface area contributed by atoms with Crippen molar-refractivity contribution < 1.29 is 23.6 Å². The van der Waals surface area contributed by atoms with Crippen LogP contribution < -0.4 is 4.74 Å². The highest BCUT2D eigenvalue weighted by atomic mass is 35.5. The maximum Gasteiger partial charge on any atom is 0.311 e. The number of carbonyl (C=O) groups excluding carboxylic acids is 2. The van der Waals surface area contributed by atoms with E-state index in [0.717, 1.165) is 17.7 Å². The molecule has 1 aliphatic rings. The molecular weight excluding hydrogens is 434 g/mol. The number of methoxy groups -OCH3 is 1. The molecule has 0 aliphatic carbocycles. The molecule has 9 heteroatoms. The van der Waals surface area contributed by atoms with Gasteiger partial charge in [-0.3, -0.25) is 9.59 Å². The smallest absolute Gasteiger partial charge is 0.311 e. The van der Waals surface area contributed by atoms with E-state index in [0.29, 0.717) is 35.9 Å². The molecule has 1 amide bonds. The van der Waals surface area contributed by atoms with Crippen LogP contribution in [0.15, 0.2) is 53.1 Å². The van der Waals surface area contributed by atoms with E-state index in [2.05, 4.69) is 10.1 Å². The van der Waals surface area contributed by atoms with Gasteiger partial charge < -0.3 is 18.9 Å². The Morgan fingerprint density at radius 3 is 2.62 bits per heavy atom. The minimum absolute atomic E-state index is 0.121. The number of ether oxygens (including phenoxy) is 2. The van der Waals surface area contributed by atoms with Gasteiger partial charge in [-0.1, -0.05) is 16.8 Å². The number of rotatable bonds is 6. The standard InChI is InChI=1S/C23H22ClN3O5/c1-30-19-10-6-15(7-11-19)21-25-20(32-26-21)14-31-23(29)17-3-2-12-27(13-17)22(28)16-4-8-18(24)9-5-16/h4-11,17H,2-3,12-14H2,1H3/t17-/m0/s1. The van der Waals surface area contributed by atoms with Crippen molar-refractivity contribution in [2.75, 3.05) is 20.2 Å². The predicted octanol–water partition coefficient (Wildman–Crippen LogP) is 3.99. The Balaban J connectivity index is 1.32. The van der Waals surface area contributed by atoms with Crippen LogP contribution in [-0.2, 0) is 16.1 Å². The molecule has 2 aromatic carbocycles. The molecule has 2 heterocycles. The lowest BCUT2D eigenvalue weighted by molar-refractivity contribution is -0.152. The molecule has 3 aromatic rings. The van der Waals surface area contributed by atoms with Crippen molar-refractivity contribution in [2.24, 2.45) is 5.92 Å². The van der Waals surface area contributed by atoms with E-state index in [1.54, 1.807) is 48.4 Å². The van der Waals surface area contributed by atoms with Crippen molar-refractivity contribution in [3.05, 3.63) is 65.0 Å². The molecule has 0 radical (unpaired) electrons. The Hall–Kier alpha value is -3.39. The fourth-order valence-corrected chi connectivity index (χ4v) is 3.68. The molecule has 1 aromatic heterocycles. The van der Waals surface area contributed by atoms with E-state index in [1.807, 2.05) is 12.1 Å². The van der Waals surface area contributed by atoms with Crippen LogP contribution in [0.25, 0.3) is 11.4 Å². The summed E-state index contributed by atoms with van der Waals surface area (Å²) in [5, 5.41) is 4.49. The molecule has 1 atom stereocenters. The first kappa shape index (κ1) is 21.8. The highest BCUT2D eigenvalue weighted by Gasteiger charge is 2.30. The summed E-state index contributed by atoms with van der Waals surface area (Å²) in [6.07, 6.45) is 1.38. The lowest BCUT2D eigenvalue weighted by Crippen LogP contribution is -2.42. The van der Waals surface area contributed by atoms with E-state index < -0.39 is 5.92 Å². The summed E-state index contributed by atoms with van der Waals surface area (Å²) in [5.41, 5.74) is 1.30. The van der Waals surface area contributed by atoms with Gasteiger partial charge in [-0.15, -0.1) is 0 Å². The Kier molecular flexibility index (Phi) is 6.70. The van der Waals surface area contributed by atoms with Crippen molar-refractivity contribution in [3.8, 4) is 17.1 Å². The zero-order valence-corrected chi connectivity index (χ0v) is 18.2. The van der Waals surface area contributed by atoms with E-state index in [9.17, 15) is 9.59 Å². The molecule has 1 aliphatic heterocycles. The third-order valence-electron chi connectivity index (χ3n) is 5.29. The van der Waals surface area contributed by atoms with Crippen molar-refractivity contribution >= 4 is 23.5 Å². The fraction of sp³-hybridized carbons (Fsp3) is 0.304. The second kappa shape index (κ2) is 9.82. The normalized spacial score (nSPS) is 15.9. The minimum atomic E-state index is -0.399. The van der Waals surface area contributed by atoms with Crippen LogP contribution in [0.3, 0.4) is 0 Å². The van der Waals surface area contributed by atoms with Crippen LogP contribution in [0, 0.1) is 5.92 Å². The molecule has 0 bridgehead atoms. The van der Waals surface area contributed by atoms with Crippen molar-refractivity contribution in [1.29, 1.82) is 0 Å². The number of piperidine rings is 1. The molecular formula is C23H22ClN3O5. The number of halogens is 1. The number of amides is 1. The number of aromatic nitrogens is 2. The summed E-state index contributed by atoms with van der Waals surface area (Å²) in [6.45, 7) is 0.783. The number of carbonyl (C=O) groups is 2.